The van der Waals surface area contributed by atoms with Crippen molar-refractivity contribution >= 4 is 23.8 Å². The third-order valence-electron chi connectivity index (χ3n) is 9.15. The molecule has 4 amide bonds. The van der Waals surface area contributed by atoms with Crippen LogP contribution in [0.5, 0.6) is 0 Å². The van der Waals surface area contributed by atoms with Gasteiger partial charge in [-0.15, -0.1) is 0 Å². The second kappa shape index (κ2) is 19.9. The number of carbonyl (C=O) groups excluding carboxylic acids is 4. The van der Waals surface area contributed by atoms with Gasteiger partial charge in [0.1, 0.15) is 17.7 Å². The van der Waals surface area contributed by atoms with E-state index in [1.165, 1.54) is 0 Å². The molecule has 1 fully saturated rings. The van der Waals surface area contributed by atoms with E-state index >= 15 is 0 Å². The van der Waals surface area contributed by atoms with Gasteiger partial charge in [0.05, 0.1) is 25.4 Å². The Morgan fingerprint density at radius 1 is 0.736 bits per heavy atom. The van der Waals surface area contributed by atoms with Crippen molar-refractivity contribution in [1.82, 2.24) is 20.9 Å². The minimum atomic E-state index is -1.14. The van der Waals surface area contributed by atoms with E-state index < -0.39 is 53.7 Å². The highest BCUT2D eigenvalue weighted by atomic mass is 16.6. The highest BCUT2D eigenvalue weighted by Crippen LogP contribution is 2.21. The fourth-order valence-corrected chi connectivity index (χ4v) is 6.37. The molecule has 1 aliphatic rings. The number of ether oxygens (including phenoxy) is 2. The maximum absolute atomic E-state index is 14.2. The number of aliphatic hydroxyl groups excluding tert-OH is 1. The second-order valence-electron chi connectivity index (χ2n) is 15.1. The summed E-state index contributed by atoms with van der Waals surface area (Å²) in [5, 5.41) is 20.5. The lowest BCUT2D eigenvalue weighted by molar-refractivity contribution is -0.141. The number of benzene rings is 3. The van der Waals surface area contributed by atoms with Crippen LogP contribution in [-0.4, -0.2) is 90.0 Å². The van der Waals surface area contributed by atoms with Crippen molar-refractivity contribution in [2.24, 2.45) is 11.8 Å². The van der Waals surface area contributed by atoms with Gasteiger partial charge in [0.25, 0.3) is 0 Å². The molecule has 11 nitrogen and oxygen atoms in total. The number of morpholine rings is 1. The molecule has 3 aromatic carbocycles. The first-order chi connectivity index (χ1) is 25.3. The van der Waals surface area contributed by atoms with Gasteiger partial charge in [-0.05, 0) is 62.6 Å². The second-order valence-corrected chi connectivity index (χ2v) is 15.1. The molecule has 1 aliphatic heterocycles. The molecule has 286 valence electrons. The molecule has 0 spiro atoms. The predicted molar refractivity (Wildman–Crippen MR) is 204 cm³/mol. The normalized spacial score (nSPS) is 16.1. The standard InChI is InChI=1S/C42H56N4O7/c1-29(2)37(39(49)43-35(27-32-19-13-8-14-20-32)40(50)46-21-23-52-24-22-46)45-38(48)33(25-30-15-9-6-10-16-30)28-36(47)34(26-31-17-11-7-12-18-31)44-41(51)53-42(3,4)5/h6-20,29,33-37,47H,21-28H2,1-5H3,(H,43,49)(H,44,51)(H,45,48). The summed E-state index contributed by atoms with van der Waals surface area (Å²) in [6.45, 7) is 10.7. The molecule has 0 radical (unpaired) electrons. The Hall–Kier alpha value is -4.74. The van der Waals surface area contributed by atoms with Crippen LogP contribution in [0.15, 0.2) is 91.0 Å². The molecule has 11 heteroatoms. The maximum Gasteiger partial charge on any atom is 0.407 e. The zero-order valence-electron chi connectivity index (χ0n) is 31.6. The van der Waals surface area contributed by atoms with Crippen molar-refractivity contribution in [3.05, 3.63) is 108 Å². The zero-order chi connectivity index (χ0) is 38.4. The van der Waals surface area contributed by atoms with Crippen molar-refractivity contribution in [1.29, 1.82) is 0 Å². The molecule has 0 aliphatic carbocycles. The molecule has 53 heavy (non-hydrogen) atoms. The number of alkyl carbamates (subject to hydrolysis) is 1. The summed E-state index contributed by atoms with van der Waals surface area (Å²) in [6, 6.07) is 25.8. The third kappa shape index (κ3) is 13.6. The molecular formula is C42H56N4O7. The fourth-order valence-electron chi connectivity index (χ4n) is 6.37. The Balaban J connectivity index is 1.55. The predicted octanol–water partition coefficient (Wildman–Crippen LogP) is 4.46. The van der Waals surface area contributed by atoms with Gasteiger partial charge >= 0.3 is 6.09 Å². The Morgan fingerprint density at radius 2 is 1.25 bits per heavy atom. The SMILES string of the molecule is CC(C)C(NC(=O)C(Cc1ccccc1)CC(O)C(Cc1ccccc1)NC(=O)OC(C)(C)C)C(=O)NC(Cc1ccccc1)C(=O)N1CCOCC1. The lowest BCUT2D eigenvalue weighted by Gasteiger charge is -2.32. The smallest absolute Gasteiger partial charge is 0.407 e. The topological polar surface area (TPSA) is 146 Å². The van der Waals surface area contributed by atoms with Crippen molar-refractivity contribution < 1.29 is 33.8 Å². The number of carbonyl (C=O) groups is 4. The van der Waals surface area contributed by atoms with Gasteiger partial charge in [0.15, 0.2) is 0 Å². The molecule has 1 saturated heterocycles. The lowest BCUT2D eigenvalue weighted by atomic mass is 9.88. The monoisotopic (exact) mass is 728 g/mol. The van der Waals surface area contributed by atoms with Gasteiger partial charge in [0, 0.05) is 25.4 Å². The zero-order valence-corrected chi connectivity index (χ0v) is 31.6. The Labute approximate surface area is 313 Å². The van der Waals surface area contributed by atoms with Gasteiger partial charge in [-0.3, -0.25) is 14.4 Å². The van der Waals surface area contributed by atoms with Crippen LogP contribution in [0.4, 0.5) is 4.79 Å². The molecule has 1 heterocycles. The first kappa shape index (κ1) is 41.0. The van der Waals surface area contributed by atoms with E-state index in [9.17, 15) is 24.3 Å². The van der Waals surface area contributed by atoms with Crippen LogP contribution in [0.25, 0.3) is 0 Å². The molecule has 5 unspecified atom stereocenters. The van der Waals surface area contributed by atoms with Gasteiger partial charge in [0.2, 0.25) is 17.7 Å². The largest absolute Gasteiger partial charge is 0.444 e. The van der Waals surface area contributed by atoms with E-state index in [4.69, 9.17) is 9.47 Å². The number of hydrogen-bond acceptors (Lipinski definition) is 7. The van der Waals surface area contributed by atoms with Gasteiger partial charge in [-0.1, -0.05) is 105 Å². The molecule has 4 N–H and O–H groups in total. The summed E-state index contributed by atoms with van der Waals surface area (Å²) in [6.07, 6.45) is -0.945. The number of aliphatic hydroxyl groups is 1. The molecule has 5 atom stereocenters. The number of nitrogens with zero attached hydrogens (tertiary/aromatic N) is 1. The highest BCUT2D eigenvalue weighted by Gasteiger charge is 2.35. The van der Waals surface area contributed by atoms with Crippen LogP contribution >= 0.6 is 0 Å². The number of nitrogens with one attached hydrogen (secondary N) is 3. The van der Waals surface area contributed by atoms with Crippen LogP contribution in [0.3, 0.4) is 0 Å². The minimum Gasteiger partial charge on any atom is -0.444 e. The molecular weight excluding hydrogens is 672 g/mol. The molecule has 0 saturated carbocycles. The lowest BCUT2D eigenvalue weighted by Crippen LogP contribution is -2.58. The van der Waals surface area contributed by atoms with Gasteiger partial charge < -0.3 is 35.4 Å². The van der Waals surface area contributed by atoms with Crippen LogP contribution in [0.2, 0.25) is 0 Å². The molecule has 3 aromatic rings. The summed E-state index contributed by atoms with van der Waals surface area (Å²) in [7, 11) is 0. The van der Waals surface area contributed by atoms with E-state index in [-0.39, 0.29) is 31.1 Å². The Bertz CT molecular complexity index is 1590. The quantitative estimate of drug-likeness (QED) is 0.171. The van der Waals surface area contributed by atoms with Crippen LogP contribution in [0, 0.1) is 11.8 Å². The van der Waals surface area contributed by atoms with Gasteiger partial charge in [-0.25, -0.2) is 4.79 Å². The summed E-state index contributed by atoms with van der Waals surface area (Å²) < 4.78 is 11.0. The van der Waals surface area contributed by atoms with E-state index in [1.807, 2.05) is 105 Å². The van der Waals surface area contributed by atoms with Crippen molar-refractivity contribution in [2.45, 2.75) is 90.1 Å². The van der Waals surface area contributed by atoms with E-state index in [1.54, 1.807) is 25.7 Å². The number of hydrogen-bond donors (Lipinski definition) is 4. The first-order valence-corrected chi connectivity index (χ1v) is 18.6. The molecule has 4 rings (SSSR count). The van der Waals surface area contributed by atoms with E-state index in [0.29, 0.717) is 32.7 Å². The maximum atomic E-state index is 14.2. The van der Waals surface area contributed by atoms with Crippen molar-refractivity contribution in [3.63, 3.8) is 0 Å². The third-order valence-corrected chi connectivity index (χ3v) is 9.15. The summed E-state index contributed by atoms with van der Waals surface area (Å²) >= 11 is 0. The highest BCUT2D eigenvalue weighted by molar-refractivity contribution is 5.93. The summed E-state index contributed by atoms with van der Waals surface area (Å²) in [5.74, 6) is -2.18. The van der Waals surface area contributed by atoms with Crippen LogP contribution in [0.1, 0.15) is 57.7 Å². The summed E-state index contributed by atoms with van der Waals surface area (Å²) in [5.41, 5.74) is 1.92. The molecule has 0 bridgehead atoms. The Kier molecular flexibility index (Phi) is 15.4. The minimum absolute atomic E-state index is 0.00733. The van der Waals surface area contributed by atoms with Crippen LogP contribution in [-0.2, 0) is 43.1 Å². The summed E-state index contributed by atoms with van der Waals surface area (Å²) in [4.78, 5) is 56.6. The first-order valence-electron chi connectivity index (χ1n) is 18.6. The van der Waals surface area contributed by atoms with Crippen LogP contribution < -0.4 is 16.0 Å². The molecule has 0 aromatic heterocycles. The van der Waals surface area contributed by atoms with E-state index in [2.05, 4.69) is 16.0 Å². The number of amides is 4. The number of rotatable bonds is 16. The van der Waals surface area contributed by atoms with Crippen molar-refractivity contribution in [3.8, 4) is 0 Å². The van der Waals surface area contributed by atoms with Crippen molar-refractivity contribution in [2.75, 3.05) is 26.3 Å². The average molecular weight is 729 g/mol. The van der Waals surface area contributed by atoms with Gasteiger partial charge in [-0.2, -0.15) is 0 Å². The van der Waals surface area contributed by atoms with E-state index in [0.717, 1.165) is 16.7 Å². The average Bonchev–Trinajstić information content (AvgIpc) is 3.13. The Morgan fingerprint density at radius 3 is 1.75 bits per heavy atom. The fraction of sp³-hybridized carbons (Fsp3) is 0.476.